The van der Waals surface area contributed by atoms with Crippen LogP contribution in [0.5, 0.6) is 5.75 Å². The zero-order chi connectivity index (χ0) is 18.5. The van der Waals surface area contributed by atoms with E-state index in [0.29, 0.717) is 17.5 Å². The quantitative estimate of drug-likeness (QED) is 0.609. The second-order valence-corrected chi connectivity index (χ2v) is 6.70. The standard InChI is InChI=1S/C19H18BrN3O3/c1-13(25-16-10-8-15(20)9-11-16)19(24)23(2)12-17-21-18(22-26-17)14-6-4-3-5-7-14/h3-11,13H,12H2,1-2H3. The number of amides is 1. The Morgan fingerprint density at radius 3 is 2.58 bits per heavy atom. The average Bonchev–Trinajstić information content (AvgIpc) is 3.12. The van der Waals surface area contributed by atoms with Crippen molar-refractivity contribution in [1.29, 1.82) is 0 Å². The number of likely N-dealkylation sites (N-methyl/N-ethyl adjacent to an activating group) is 1. The smallest absolute Gasteiger partial charge is 0.263 e. The Kier molecular flexibility index (Phi) is 5.68. The van der Waals surface area contributed by atoms with Gasteiger partial charge in [-0.25, -0.2) is 0 Å². The van der Waals surface area contributed by atoms with E-state index in [1.807, 2.05) is 42.5 Å². The minimum absolute atomic E-state index is 0.174. The number of hydrogen-bond donors (Lipinski definition) is 0. The Hall–Kier alpha value is -2.67. The van der Waals surface area contributed by atoms with Crippen LogP contribution >= 0.6 is 15.9 Å². The van der Waals surface area contributed by atoms with Gasteiger partial charge in [0.15, 0.2) is 6.10 Å². The number of nitrogens with zero attached hydrogens (tertiary/aromatic N) is 3. The van der Waals surface area contributed by atoms with Gasteiger partial charge in [-0.2, -0.15) is 4.98 Å². The van der Waals surface area contributed by atoms with Crippen molar-refractivity contribution in [3.63, 3.8) is 0 Å². The molecule has 1 heterocycles. The first-order valence-corrected chi connectivity index (χ1v) is 8.87. The average molecular weight is 416 g/mol. The summed E-state index contributed by atoms with van der Waals surface area (Å²) < 4.78 is 11.9. The monoisotopic (exact) mass is 415 g/mol. The number of carbonyl (C=O) groups is 1. The molecule has 26 heavy (non-hydrogen) atoms. The molecule has 0 saturated carbocycles. The maximum Gasteiger partial charge on any atom is 0.263 e. The Bertz CT molecular complexity index is 865. The van der Waals surface area contributed by atoms with Gasteiger partial charge in [0, 0.05) is 17.1 Å². The van der Waals surface area contributed by atoms with Crippen molar-refractivity contribution in [2.24, 2.45) is 0 Å². The number of halogens is 1. The maximum absolute atomic E-state index is 12.5. The molecule has 1 unspecified atom stereocenters. The first-order chi connectivity index (χ1) is 12.5. The van der Waals surface area contributed by atoms with Gasteiger partial charge in [0.05, 0.1) is 6.54 Å². The van der Waals surface area contributed by atoms with E-state index in [1.165, 1.54) is 4.90 Å². The van der Waals surface area contributed by atoms with Gasteiger partial charge in [0.25, 0.3) is 5.91 Å². The van der Waals surface area contributed by atoms with Crippen molar-refractivity contribution in [3.8, 4) is 17.1 Å². The summed E-state index contributed by atoms with van der Waals surface area (Å²) >= 11 is 3.37. The van der Waals surface area contributed by atoms with E-state index >= 15 is 0 Å². The van der Waals surface area contributed by atoms with Crippen molar-refractivity contribution in [2.75, 3.05) is 7.05 Å². The molecular weight excluding hydrogens is 398 g/mol. The normalized spacial score (nSPS) is 11.8. The predicted molar refractivity (Wildman–Crippen MR) is 100 cm³/mol. The number of hydrogen-bond acceptors (Lipinski definition) is 5. The predicted octanol–water partition coefficient (Wildman–Crippen LogP) is 3.93. The highest BCUT2D eigenvalue weighted by molar-refractivity contribution is 9.10. The number of aromatic nitrogens is 2. The van der Waals surface area contributed by atoms with Crippen LogP contribution in [0.15, 0.2) is 63.6 Å². The fraction of sp³-hybridized carbons (Fsp3) is 0.211. The molecule has 0 aliphatic carbocycles. The van der Waals surface area contributed by atoms with Gasteiger partial charge in [0.1, 0.15) is 5.75 Å². The van der Waals surface area contributed by atoms with Crippen LogP contribution in [0, 0.1) is 0 Å². The Labute approximate surface area is 159 Å². The second kappa shape index (κ2) is 8.14. The summed E-state index contributed by atoms with van der Waals surface area (Å²) in [5.74, 6) is 1.33. The lowest BCUT2D eigenvalue weighted by molar-refractivity contribution is -0.137. The third-order valence-electron chi connectivity index (χ3n) is 3.72. The molecule has 1 aromatic heterocycles. The van der Waals surface area contributed by atoms with Crippen molar-refractivity contribution in [2.45, 2.75) is 19.6 Å². The number of rotatable bonds is 6. The fourth-order valence-corrected chi connectivity index (χ4v) is 2.65. The van der Waals surface area contributed by atoms with Gasteiger partial charge >= 0.3 is 0 Å². The highest BCUT2D eigenvalue weighted by Crippen LogP contribution is 2.18. The maximum atomic E-state index is 12.5. The van der Waals surface area contributed by atoms with Crippen molar-refractivity contribution in [1.82, 2.24) is 15.0 Å². The van der Waals surface area contributed by atoms with Gasteiger partial charge in [-0.15, -0.1) is 0 Å². The highest BCUT2D eigenvalue weighted by Gasteiger charge is 2.21. The van der Waals surface area contributed by atoms with Crippen LogP contribution in [0.3, 0.4) is 0 Å². The lowest BCUT2D eigenvalue weighted by atomic mass is 10.2. The van der Waals surface area contributed by atoms with Crippen LogP contribution in [-0.4, -0.2) is 34.1 Å². The fourth-order valence-electron chi connectivity index (χ4n) is 2.38. The molecule has 0 aliphatic heterocycles. The van der Waals surface area contributed by atoms with E-state index in [1.54, 1.807) is 26.1 Å². The van der Waals surface area contributed by atoms with Gasteiger partial charge in [-0.1, -0.05) is 51.4 Å². The molecule has 0 spiro atoms. The summed E-state index contributed by atoms with van der Waals surface area (Å²) in [5, 5.41) is 3.96. The molecular formula is C19H18BrN3O3. The second-order valence-electron chi connectivity index (χ2n) is 5.79. The topological polar surface area (TPSA) is 68.5 Å². The number of ether oxygens (including phenoxy) is 1. The molecule has 2 aromatic carbocycles. The minimum Gasteiger partial charge on any atom is -0.481 e. The summed E-state index contributed by atoms with van der Waals surface area (Å²) in [4.78, 5) is 18.3. The number of carbonyl (C=O) groups excluding carboxylic acids is 1. The molecule has 0 bridgehead atoms. The molecule has 134 valence electrons. The van der Waals surface area contributed by atoms with Crippen LogP contribution in [0.2, 0.25) is 0 Å². The third-order valence-corrected chi connectivity index (χ3v) is 4.25. The van der Waals surface area contributed by atoms with Crippen LogP contribution in [-0.2, 0) is 11.3 Å². The third kappa shape index (κ3) is 4.49. The Balaban J connectivity index is 1.60. The zero-order valence-electron chi connectivity index (χ0n) is 14.4. The Morgan fingerprint density at radius 2 is 1.88 bits per heavy atom. The largest absolute Gasteiger partial charge is 0.481 e. The number of benzene rings is 2. The minimum atomic E-state index is -0.627. The molecule has 0 aliphatic rings. The molecule has 1 amide bonds. The first-order valence-electron chi connectivity index (χ1n) is 8.08. The summed E-state index contributed by atoms with van der Waals surface area (Å²) in [6, 6.07) is 16.9. The van der Waals surface area contributed by atoms with Gasteiger partial charge in [0.2, 0.25) is 11.7 Å². The van der Waals surface area contributed by atoms with Crippen molar-refractivity contribution < 1.29 is 14.1 Å². The molecule has 6 nitrogen and oxygen atoms in total. The van der Waals surface area contributed by atoms with Gasteiger partial charge in [-0.3, -0.25) is 4.79 Å². The van der Waals surface area contributed by atoms with Crippen LogP contribution in [0.25, 0.3) is 11.4 Å². The summed E-state index contributed by atoms with van der Waals surface area (Å²) in [7, 11) is 1.68. The molecule has 0 N–H and O–H groups in total. The SMILES string of the molecule is CC(Oc1ccc(Br)cc1)C(=O)N(C)Cc1nc(-c2ccccc2)no1. The van der Waals surface area contributed by atoms with E-state index in [2.05, 4.69) is 26.1 Å². The van der Waals surface area contributed by atoms with Crippen molar-refractivity contribution >= 4 is 21.8 Å². The molecule has 0 saturated heterocycles. The molecule has 3 rings (SSSR count). The molecule has 7 heteroatoms. The van der Waals surface area contributed by atoms with Crippen molar-refractivity contribution in [3.05, 3.63) is 65.0 Å². The van der Waals surface area contributed by atoms with Crippen LogP contribution < -0.4 is 4.74 Å². The summed E-state index contributed by atoms with van der Waals surface area (Å²) in [6.07, 6.45) is -0.627. The molecule has 3 aromatic rings. The Morgan fingerprint density at radius 1 is 1.19 bits per heavy atom. The van der Waals surface area contributed by atoms with E-state index in [4.69, 9.17) is 9.26 Å². The first kappa shape index (κ1) is 18.1. The van der Waals surface area contributed by atoms with E-state index < -0.39 is 6.10 Å². The lowest BCUT2D eigenvalue weighted by Crippen LogP contribution is -2.37. The van der Waals surface area contributed by atoms with Crippen LogP contribution in [0.4, 0.5) is 0 Å². The van der Waals surface area contributed by atoms with Crippen LogP contribution in [0.1, 0.15) is 12.8 Å². The molecule has 1 atom stereocenters. The van der Waals surface area contributed by atoms with Gasteiger partial charge in [-0.05, 0) is 31.2 Å². The van der Waals surface area contributed by atoms with Gasteiger partial charge < -0.3 is 14.2 Å². The zero-order valence-corrected chi connectivity index (χ0v) is 16.0. The van der Waals surface area contributed by atoms with E-state index in [9.17, 15) is 4.79 Å². The lowest BCUT2D eigenvalue weighted by Gasteiger charge is -2.20. The van der Waals surface area contributed by atoms with E-state index in [-0.39, 0.29) is 12.5 Å². The summed E-state index contributed by atoms with van der Waals surface area (Å²) in [5.41, 5.74) is 0.864. The highest BCUT2D eigenvalue weighted by atomic mass is 79.9. The molecule has 0 fully saturated rings. The van der Waals surface area contributed by atoms with E-state index in [0.717, 1.165) is 10.0 Å². The molecule has 0 radical (unpaired) electrons. The summed E-state index contributed by atoms with van der Waals surface area (Å²) in [6.45, 7) is 1.93.